The number of aromatic nitrogens is 5. The van der Waals surface area contributed by atoms with Crippen LogP contribution in [-0.4, -0.2) is 55.6 Å². The van der Waals surface area contributed by atoms with Gasteiger partial charge in [-0.3, -0.25) is 14.3 Å². The van der Waals surface area contributed by atoms with Crippen LogP contribution in [0.1, 0.15) is 18.4 Å². The van der Waals surface area contributed by atoms with Crippen molar-refractivity contribution in [3.05, 3.63) is 100.0 Å². The normalized spacial score (nSPS) is 14.1. The fourth-order valence-corrected chi connectivity index (χ4v) is 6.95. The molecule has 6 heterocycles. The SMILES string of the molecule is CN1CCC(Oc2ccc(Nc3ncc4cc(Nc5cccnc5)c(=O)n(Cc5ccsc5-c5nccs5)c4n3)cc2)CC1. The molecule has 0 aliphatic carbocycles. The van der Waals surface area contributed by atoms with Crippen LogP contribution in [0.2, 0.25) is 0 Å². The van der Waals surface area contributed by atoms with Gasteiger partial charge in [-0.05, 0) is 79.4 Å². The van der Waals surface area contributed by atoms with E-state index < -0.39 is 0 Å². The van der Waals surface area contributed by atoms with Crippen LogP contribution >= 0.6 is 22.7 Å². The van der Waals surface area contributed by atoms with Crippen molar-refractivity contribution in [2.75, 3.05) is 30.8 Å². The molecule has 1 aliphatic heterocycles. The Balaban J connectivity index is 1.20. The second-order valence-electron chi connectivity index (χ2n) is 10.7. The smallest absolute Gasteiger partial charge is 0.276 e. The van der Waals surface area contributed by atoms with Crippen LogP contribution in [0, 0.1) is 0 Å². The first-order chi connectivity index (χ1) is 21.6. The number of anilines is 4. The number of hydrogen-bond donors (Lipinski definition) is 2. The molecule has 2 N–H and O–H groups in total. The first-order valence-electron chi connectivity index (χ1n) is 14.4. The van der Waals surface area contributed by atoms with E-state index in [0.29, 0.717) is 23.8 Å². The lowest BCUT2D eigenvalue weighted by Crippen LogP contribution is -2.35. The highest BCUT2D eigenvalue weighted by molar-refractivity contribution is 7.20. The standard InChI is InChI=1S/C32H30N8O2S2/c1-39-13-8-26(9-14-39)42-25-6-4-23(5-7-25)37-32-35-18-22-17-27(36-24-3-2-11-33-19-24)31(41)40(29(22)38-32)20-21-10-15-43-28(21)30-34-12-16-44-30/h2-7,10-12,15-19,26,36H,8-9,13-14,20H2,1H3,(H,35,37,38). The number of piperidine rings is 1. The maximum Gasteiger partial charge on any atom is 0.276 e. The summed E-state index contributed by atoms with van der Waals surface area (Å²) >= 11 is 3.19. The van der Waals surface area contributed by atoms with Gasteiger partial charge < -0.3 is 20.3 Å². The molecule has 0 atom stereocenters. The van der Waals surface area contributed by atoms with Gasteiger partial charge in [0.1, 0.15) is 28.2 Å². The number of likely N-dealkylation sites (tertiary alicyclic amines) is 1. The number of nitrogens with zero attached hydrogens (tertiary/aromatic N) is 6. The van der Waals surface area contributed by atoms with E-state index in [1.165, 1.54) is 0 Å². The van der Waals surface area contributed by atoms with Gasteiger partial charge in [0.2, 0.25) is 5.95 Å². The van der Waals surface area contributed by atoms with Crippen LogP contribution in [0.4, 0.5) is 23.0 Å². The number of thiophene rings is 1. The third kappa shape index (κ3) is 6.18. The molecule has 0 saturated carbocycles. The topological polar surface area (TPSA) is 110 Å². The number of pyridine rings is 2. The van der Waals surface area contributed by atoms with Crippen molar-refractivity contribution in [1.29, 1.82) is 0 Å². The van der Waals surface area contributed by atoms with Crippen molar-refractivity contribution >= 4 is 56.7 Å². The summed E-state index contributed by atoms with van der Waals surface area (Å²) in [6.45, 7) is 2.43. The minimum Gasteiger partial charge on any atom is -0.490 e. The summed E-state index contributed by atoms with van der Waals surface area (Å²) in [6, 6.07) is 15.4. The van der Waals surface area contributed by atoms with Crippen LogP contribution in [0.15, 0.2) is 88.9 Å². The largest absolute Gasteiger partial charge is 0.490 e. The van der Waals surface area contributed by atoms with E-state index in [4.69, 9.17) is 9.72 Å². The van der Waals surface area contributed by atoms with Crippen molar-refractivity contribution in [2.24, 2.45) is 0 Å². The first-order valence-corrected chi connectivity index (χ1v) is 16.1. The lowest BCUT2D eigenvalue weighted by atomic mass is 10.1. The number of hydrogen-bond acceptors (Lipinski definition) is 11. The number of fused-ring (bicyclic) bond motifs is 1. The maximum absolute atomic E-state index is 14.0. The molecule has 10 nitrogen and oxygen atoms in total. The predicted octanol–water partition coefficient (Wildman–Crippen LogP) is 6.38. The summed E-state index contributed by atoms with van der Waals surface area (Å²) in [7, 11) is 2.14. The number of benzene rings is 1. The summed E-state index contributed by atoms with van der Waals surface area (Å²) in [5, 5.41) is 12.2. The zero-order chi connectivity index (χ0) is 29.9. The molecule has 222 valence electrons. The molecule has 5 aromatic heterocycles. The molecule has 0 unspecified atom stereocenters. The lowest BCUT2D eigenvalue weighted by molar-refractivity contribution is 0.114. The molecule has 1 saturated heterocycles. The second-order valence-corrected chi connectivity index (χ2v) is 12.5. The van der Waals surface area contributed by atoms with Gasteiger partial charge in [-0.25, -0.2) is 9.97 Å². The predicted molar refractivity (Wildman–Crippen MR) is 177 cm³/mol. The van der Waals surface area contributed by atoms with E-state index in [9.17, 15) is 4.79 Å². The van der Waals surface area contributed by atoms with Crippen LogP contribution in [0.3, 0.4) is 0 Å². The lowest BCUT2D eigenvalue weighted by Gasteiger charge is -2.29. The summed E-state index contributed by atoms with van der Waals surface area (Å²) < 4.78 is 7.89. The number of ether oxygens (including phenoxy) is 1. The fourth-order valence-electron chi connectivity index (χ4n) is 5.24. The van der Waals surface area contributed by atoms with Crippen molar-refractivity contribution in [2.45, 2.75) is 25.5 Å². The van der Waals surface area contributed by atoms with E-state index in [2.05, 4.69) is 37.5 Å². The zero-order valence-electron chi connectivity index (χ0n) is 24.0. The average molecular weight is 623 g/mol. The highest BCUT2D eigenvalue weighted by atomic mass is 32.1. The number of rotatable bonds is 9. The van der Waals surface area contributed by atoms with E-state index in [0.717, 1.165) is 63.9 Å². The Morgan fingerprint density at radius 2 is 1.82 bits per heavy atom. The number of thiazole rings is 1. The Morgan fingerprint density at radius 1 is 0.955 bits per heavy atom. The van der Waals surface area contributed by atoms with E-state index in [-0.39, 0.29) is 11.7 Å². The molecule has 44 heavy (non-hydrogen) atoms. The Bertz CT molecular complexity index is 1920. The maximum atomic E-state index is 14.0. The van der Waals surface area contributed by atoms with Crippen molar-refractivity contribution in [3.8, 4) is 15.6 Å². The zero-order valence-corrected chi connectivity index (χ0v) is 25.6. The third-order valence-corrected chi connectivity index (χ3v) is 9.43. The molecule has 0 amide bonds. The highest BCUT2D eigenvalue weighted by Crippen LogP contribution is 2.32. The van der Waals surface area contributed by atoms with Gasteiger partial charge in [0.25, 0.3) is 5.56 Å². The summed E-state index contributed by atoms with van der Waals surface area (Å²) in [5.74, 6) is 1.24. The van der Waals surface area contributed by atoms with Crippen LogP contribution in [0.25, 0.3) is 20.9 Å². The summed E-state index contributed by atoms with van der Waals surface area (Å²) in [5.41, 5.74) is 3.30. The Morgan fingerprint density at radius 3 is 2.59 bits per heavy atom. The van der Waals surface area contributed by atoms with Gasteiger partial charge in [-0.1, -0.05) is 0 Å². The van der Waals surface area contributed by atoms with Crippen molar-refractivity contribution < 1.29 is 4.74 Å². The van der Waals surface area contributed by atoms with Gasteiger partial charge in [-0.2, -0.15) is 4.98 Å². The summed E-state index contributed by atoms with van der Waals surface area (Å²) in [4.78, 5) is 35.4. The van der Waals surface area contributed by atoms with Gasteiger partial charge in [-0.15, -0.1) is 22.7 Å². The van der Waals surface area contributed by atoms with Crippen LogP contribution in [-0.2, 0) is 6.54 Å². The molecular formula is C32H30N8O2S2. The third-order valence-electron chi connectivity index (χ3n) is 7.55. The van der Waals surface area contributed by atoms with E-state index in [1.54, 1.807) is 58.1 Å². The second kappa shape index (κ2) is 12.5. The Kier molecular flexibility index (Phi) is 8.01. The fraction of sp³-hybridized carbons (Fsp3) is 0.219. The Labute approximate surface area is 262 Å². The molecule has 1 aliphatic rings. The molecule has 1 fully saturated rings. The first kappa shape index (κ1) is 28.1. The molecule has 0 spiro atoms. The van der Waals surface area contributed by atoms with Crippen LogP contribution < -0.4 is 20.9 Å². The van der Waals surface area contributed by atoms with Crippen molar-refractivity contribution in [3.63, 3.8) is 0 Å². The van der Waals surface area contributed by atoms with E-state index >= 15 is 0 Å². The summed E-state index contributed by atoms with van der Waals surface area (Å²) in [6.07, 6.45) is 9.20. The van der Waals surface area contributed by atoms with Gasteiger partial charge in [0.05, 0.1) is 23.3 Å². The van der Waals surface area contributed by atoms with Crippen molar-refractivity contribution in [1.82, 2.24) is 29.4 Å². The quantitative estimate of drug-likeness (QED) is 0.190. The van der Waals surface area contributed by atoms with Gasteiger partial charge in [0.15, 0.2) is 0 Å². The van der Waals surface area contributed by atoms with Gasteiger partial charge >= 0.3 is 0 Å². The molecule has 1 aromatic carbocycles. The highest BCUT2D eigenvalue weighted by Gasteiger charge is 2.19. The van der Waals surface area contributed by atoms with E-state index in [1.807, 2.05) is 53.2 Å². The minimum absolute atomic E-state index is 0.197. The number of nitrogens with one attached hydrogen (secondary N) is 2. The van der Waals surface area contributed by atoms with Crippen LogP contribution in [0.5, 0.6) is 5.75 Å². The average Bonchev–Trinajstić information content (AvgIpc) is 3.75. The molecular weight excluding hydrogens is 593 g/mol. The minimum atomic E-state index is -0.197. The van der Waals surface area contributed by atoms with Gasteiger partial charge in [0, 0.05) is 48.1 Å². The molecule has 12 heteroatoms. The molecule has 0 bridgehead atoms. The molecule has 6 aromatic rings. The Hall–Kier alpha value is -4.65. The monoisotopic (exact) mass is 622 g/mol. The molecule has 7 rings (SSSR count). The molecule has 0 radical (unpaired) electrons.